The smallest absolute Gasteiger partial charge is 0.274 e. The van der Waals surface area contributed by atoms with Crippen LogP contribution in [0.1, 0.15) is 63.6 Å². The summed E-state index contributed by atoms with van der Waals surface area (Å²) in [4.78, 5) is 12.9. The predicted molar refractivity (Wildman–Crippen MR) is 107 cm³/mol. The molecule has 2 rings (SSSR count). The van der Waals surface area contributed by atoms with E-state index in [9.17, 15) is 4.79 Å². The molecule has 27 heavy (non-hydrogen) atoms. The number of nitrogens with zero attached hydrogens (tertiary/aromatic N) is 3. The number of nitrogens with one attached hydrogen (secondary N) is 1. The summed E-state index contributed by atoms with van der Waals surface area (Å²) in [5.41, 5.74) is 1.85. The fourth-order valence-electron chi connectivity index (χ4n) is 2.97. The molecule has 0 saturated carbocycles. The van der Waals surface area contributed by atoms with E-state index in [2.05, 4.69) is 50.2 Å². The van der Waals surface area contributed by atoms with Gasteiger partial charge in [-0.15, -0.1) is 5.10 Å². The zero-order valence-corrected chi connectivity index (χ0v) is 17.5. The number of carbonyl (C=O) groups is 1. The number of ether oxygens (including phenoxy) is 1. The zero-order chi connectivity index (χ0) is 20.2. The van der Waals surface area contributed by atoms with Crippen molar-refractivity contribution in [3.05, 3.63) is 35.7 Å². The Kier molecular flexibility index (Phi) is 6.63. The van der Waals surface area contributed by atoms with Crippen LogP contribution in [0.5, 0.6) is 5.75 Å². The van der Waals surface area contributed by atoms with Crippen molar-refractivity contribution in [1.82, 2.24) is 20.3 Å². The third-order valence-corrected chi connectivity index (χ3v) is 4.79. The Bertz CT molecular complexity index is 775. The second-order valence-electron chi connectivity index (χ2n) is 8.50. The number of carbonyl (C=O) groups excluding carboxylic acids is 1. The SMILES string of the molecule is COc1cccc(-n2nnc(C(=O)NC(CCC(C)C)C(C)(C)C)c2C)c1. The van der Waals surface area contributed by atoms with E-state index < -0.39 is 0 Å². The van der Waals surface area contributed by atoms with E-state index in [1.165, 1.54) is 0 Å². The summed E-state index contributed by atoms with van der Waals surface area (Å²) < 4.78 is 6.93. The molecule has 0 aliphatic heterocycles. The average molecular weight is 373 g/mol. The molecule has 148 valence electrons. The quantitative estimate of drug-likeness (QED) is 0.792. The molecule has 1 aromatic carbocycles. The van der Waals surface area contributed by atoms with Gasteiger partial charge in [0.1, 0.15) is 5.75 Å². The lowest BCUT2D eigenvalue weighted by atomic mass is 9.82. The van der Waals surface area contributed by atoms with Crippen LogP contribution in [0, 0.1) is 18.3 Å². The summed E-state index contributed by atoms with van der Waals surface area (Å²) in [6.45, 7) is 12.7. The van der Waals surface area contributed by atoms with Crippen LogP contribution in [0.4, 0.5) is 0 Å². The maximum Gasteiger partial charge on any atom is 0.274 e. The fraction of sp³-hybridized carbons (Fsp3) is 0.571. The van der Waals surface area contributed by atoms with Crippen LogP contribution in [0.2, 0.25) is 0 Å². The Labute approximate surface area is 162 Å². The highest BCUT2D eigenvalue weighted by Crippen LogP contribution is 2.25. The van der Waals surface area contributed by atoms with Crippen LogP contribution >= 0.6 is 0 Å². The number of rotatable bonds is 7. The molecular weight excluding hydrogens is 340 g/mol. The summed E-state index contributed by atoms with van der Waals surface area (Å²) in [6, 6.07) is 7.60. The molecule has 0 radical (unpaired) electrons. The summed E-state index contributed by atoms with van der Waals surface area (Å²) >= 11 is 0. The number of methoxy groups -OCH3 is 1. The molecule has 6 nitrogen and oxygen atoms in total. The molecule has 0 aliphatic carbocycles. The number of amides is 1. The lowest BCUT2D eigenvalue weighted by Gasteiger charge is -2.32. The number of aromatic nitrogens is 3. The van der Waals surface area contributed by atoms with Crippen LogP contribution < -0.4 is 10.1 Å². The summed E-state index contributed by atoms with van der Waals surface area (Å²) in [5.74, 6) is 1.16. The summed E-state index contributed by atoms with van der Waals surface area (Å²) in [6.07, 6.45) is 2.01. The number of hydrogen-bond donors (Lipinski definition) is 1. The lowest BCUT2D eigenvalue weighted by molar-refractivity contribution is 0.0888. The molecule has 0 spiro atoms. The van der Waals surface area contributed by atoms with E-state index in [4.69, 9.17) is 4.74 Å². The average Bonchev–Trinajstić information content (AvgIpc) is 2.98. The molecule has 1 N–H and O–H groups in total. The minimum Gasteiger partial charge on any atom is -0.497 e. The van der Waals surface area contributed by atoms with Crippen molar-refractivity contribution < 1.29 is 9.53 Å². The molecule has 0 bridgehead atoms. The van der Waals surface area contributed by atoms with Gasteiger partial charge in [0.25, 0.3) is 5.91 Å². The Morgan fingerprint density at radius 2 is 1.96 bits per heavy atom. The van der Waals surface area contributed by atoms with Crippen molar-refractivity contribution in [2.45, 2.75) is 60.4 Å². The van der Waals surface area contributed by atoms with Crippen molar-refractivity contribution in [3.8, 4) is 11.4 Å². The van der Waals surface area contributed by atoms with Crippen LogP contribution in [-0.2, 0) is 0 Å². The first kappa shape index (κ1) is 20.9. The third-order valence-electron chi connectivity index (χ3n) is 4.79. The first-order chi connectivity index (χ1) is 12.6. The van der Waals surface area contributed by atoms with Crippen molar-refractivity contribution >= 4 is 5.91 Å². The lowest BCUT2D eigenvalue weighted by Crippen LogP contribution is -2.44. The summed E-state index contributed by atoms with van der Waals surface area (Å²) in [7, 11) is 1.62. The predicted octanol–water partition coefficient (Wildman–Crippen LogP) is 4.17. The molecule has 1 amide bonds. The Hall–Kier alpha value is -2.37. The van der Waals surface area contributed by atoms with Gasteiger partial charge in [0.05, 0.1) is 18.5 Å². The van der Waals surface area contributed by atoms with Gasteiger partial charge >= 0.3 is 0 Å². The molecule has 0 aliphatic rings. The zero-order valence-electron chi connectivity index (χ0n) is 17.5. The highest BCUT2D eigenvalue weighted by atomic mass is 16.5. The summed E-state index contributed by atoms with van der Waals surface area (Å²) in [5, 5.41) is 11.5. The normalized spacial score (nSPS) is 12.9. The van der Waals surface area contributed by atoms with Crippen molar-refractivity contribution in [2.75, 3.05) is 7.11 Å². The van der Waals surface area contributed by atoms with Crippen molar-refractivity contribution in [2.24, 2.45) is 11.3 Å². The molecular formula is C21H32N4O2. The molecule has 0 fully saturated rings. The minimum atomic E-state index is -0.176. The molecule has 1 unspecified atom stereocenters. The van der Waals surface area contributed by atoms with E-state index in [-0.39, 0.29) is 17.4 Å². The second kappa shape index (κ2) is 8.55. The van der Waals surface area contributed by atoms with Crippen LogP contribution in [0.3, 0.4) is 0 Å². The number of benzene rings is 1. The monoisotopic (exact) mass is 372 g/mol. The van der Waals surface area contributed by atoms with Gasteiger partial charge in [0, 0.05) is 12.1 Å². The van der Waals surface area contributed by atoms with Crippen molar-refractivity contribution in [3.63, 3.8) is 0 Å². The first-order valence-electron chi connectivity index (χ1n) is 9.51. The van der Waals surface area contributed by atoms with E-state index >= 15 is 0 Å². The topological polar surface area (TPSA) is 69.0 Å². The number of hydrogen-bond acceptors (Lipinski definition) is 4. The van der Waals surface area contributed by atoms with Crippen LogP contribution in [0.15, 0.2) is 24.3 Å². The fourth-order valence-corrected chi connectivity index (χ4v) is 2.97. The van der Waals surface area contributed by atoms with Gasteiger partial charge in [0.15, 0.2) is 5.69 Å². The van der Waals surface area contributed by atoms with Gasteiger partial charge in [-0.25, -0.2) is 4.68 Å². The second-order valence-corrected chi connectivity index (χ2v) is 8.50. The van der Waals surface area contributed by atoms with Gasteiger partial charge in [-0.3, -0.25) is 4.79 Å². The van der Waals surface area contributed by atoms with Gasteiger partial charge < -0.3 is 10.1 Å². The van der Waals surface area contributed by atoms with E-state index in [1.807, 2.05) is 31.2 Å². The van der Waals surface area contributed by atoms with Gasteiger partial charge in [0.2, 0.25) is 0 Å². The van der Waals surface area contributed by atoms with E-state index in [1.54, 1.807) is 11.8 Å². The molecule has 2 aromatic rings. The van der Waals surface area contributed by atoms with Crippen LogP contribution in [-0.4, -0.2) is 34.1 Å². The van der Waals surface area contributed by atoms with Gasteiger partial charge in [-0.2, -0.15) is 0 Å². The van der Waals surface area contributed by atoms with E-state index in [0.29, 0.717) is 17.3 Å². The van der Waals surface area contributed by atoms with E-state index in [0.717, 1.165) is 24.3 Å². The highest BCUT2D eigenvalue weighted by Gasteiger charge is 2.28. The Morgan fingerprint density at radius 3 is 2.56 bits per heavy atom. The largest absolute Gasteiger partial charge is 0.497 e. The maximum atomic E-state index is 12.9. The molecule has 1 aromatic heterocycles. The molecule has 1 heterocycles. The van der Waals surface area contributed by atoms with Crippen molar-refractivity contribution in [1.29, 1.82) is 0 Å². The molecule has 0 saturated heterocycles. The standard InChI is InChI=1S/C21H32N4O2/c1-14(2)11-12-18(21(4,5)6)22-20(26)19-15(3)25(24-23-19)16-9-8-10-17(13-16)27-7/h8-10,13-14,18H,11-12H2,1-7H3,(H,22,26). The molecule has 1 atom stereocenters. The van der Waals surface area contributed by atoms with Gasteiger partial charge in [-0.1, -0.05) is 45.9 Å². The maximum absolute atomic E-state index is 12.9. The minimum absolute atomic E-state index is 0.0265. The third kappa shape index (κ3) is 5.31. The molecule has 6 heteroatoms. The first-order valence-corrected chi connectivity index (χ1v) is 9.51. The van der Waals surface area contributed by atoms with Crippen LogP contribution in [0.25, 0.3) is 5.69 Å². The highest BCUT2D eigenvalue weighted by molar-refractivity contribution is 5.93. The van der Waals surface area contributed by atoms with Gasteiger partial charge in [-0.05, 0) is 43.2 Å². The Morgan fingerprint density at radius 1 is 1.26 bits per heavy atom. The Balaban J connectivity index is 2.22.